The molecule has 130 valence electrons. The molecule has 0 aliphatic carbocycles. The van der Waals surface area contributed by atoms with Crippen molar-refractivity contribution in [3.8, 4) is 0 Å². The third-order valence-corrected chi connectivity index (χ3v) is 6.18. The van der Waals surface area contributed by atoms with Crippen LogP contribution in [0.5, 0.6) is 0 Å². The number of likely N-dealkylation sites (tertiary alicyclic amines) is 2. The molecule has 0 atom stereocenters. The van der Waals surface area contributed by atoms with Gasteiger partial charge >= 0.3 is 0 Å². The third kappa shape index (κ3) is 5.25. The maximum Gasteiger partial charge on any atom is 0.106 e. The van der Waals surface area contributed by atoms with Crippen molar-refractivity contribution in [3.63, 3.8) is 0 Å². The zero-order valence-electron chi connectivity index (χ0n) is 14.5. The molecule has 0 radical (unpaired) electrons. The van der Waals surface area contributed by atoms with Crippen LogP contribution >= 0.6 is 24.0 Å². The quantitative estimate of drug-likeness (QED) is 0.534. The molecule has 0 amide bonds. The van der Waals surface area contributed by atoms with Crippen molar-refractivity contribution in [2.75, 3.05) is 26.2 Å². The van der Waals surface area contributed by atoms with E-state index in [-0.39, 0.29) is 0 Å². The molecule has 4 heteroatoms. The summed E-state index contributed by atoms with van der Waals surface area (Å²) in [5.74, 6) is 2.35. The van der Waals surface area contributed by atoms with Gasteiger partial charge in [0.25, 0.3) is 0 Å². The van der Waals surface area contributed by atoms with Crippen molar-refractivity contribution in [1.82, 2.24) is 9.80 Å². The molecule has 0 spiro atoms. The Morgan fingerprint density at radius 3 is 1.96 bits per heavy atom. The van der Waals surface area contributed by atoms with Crippen LogP contribution < -0.4 is 0 Å². The maximum absolute atomic E-state index is 5.70. The highest BCUT2D eigenvalue weighted by molar-refractivity contribution is 8.23. The maximum atomic E-state index is 5.70. The summed E-state index contributed by atoms with van der Waals surface area (Å²) < 4.78 is 1.02. The minimum absolute atomic E-state index is 0.962. The van der Waals surface area contributed by atoms with Gasteiger partial charge in [0, 0.05) is 38.0 Å². The van der Waals surface area contributed by atoms with Crippen molar-refractivity contribution in [2.24, 2.45) is 0 Å². The van der Waals surface area contributed by atoms with Crippen LogP contribution in [0.1, 0.15) is 44.1 Å². The Kier molecular flexibility index (Phi) is 7.03. The fourth-order valence-electron chi connectivity index (χ4n) is 3.50. The largest absolute Gasteiger partial charge is 0.358 e. The van der Waals surface area contributed by atoms with Crippen molar-refractivity contribution >= 4 is 28.2 Å². The van der Waals surface area contributed by atoms with Crippen molar-refractivity contribution in [3.05, 3.63) is 47.8 Å². The number of nitrogens with zero attached hydrogens (tertiary/aromatic N) is 2. The standard InChI is InChI=1S/C20H28N2S2/c23-20(24-17-18-10-4-1-5-11-18)16-19(21-12-6-2-7-13-21)22-14-8-3-9-15-22/h1,4-5,10-11,16H,2-3,6-9,12-15,17H2. The highest BCUT2D eigenvalue weighted by Gasteiger charge is 2.21. The van der Waals surface area contributed by atoms with Crippen LogP contribution in [0.2, 0.25) is 0 Å². The lowest BCUT2D eigenvalue weighted by Crippen LogP contribution is -2.41. The Morgan fingerprint density at radius 2 is 1.42 bits per heavy atom. The fraction of sp³-hybridized carbons (Fsp3) is 0.550. The molecule has 2 nitrogen and oxygen atoms in total. The number of thiocarbonyl (C=S) groups is 1. The summed E-state index contributed by atoms with van der Waals surface area (Å²) in [7, 11) is 0. The van der Waals surface area contributed by atoms with E-state index in [1.54, 1.807) is 11.8 Å². The average Bonchev–Trinajstić information content (AvgIpc) is 2.67. The molecule has 3 rings (SSSR count). The SMILES string of the molecule is S=C(C=C(N1CCCCC1)N1CCCCC1)SCc1ccccc1. The molecule has 0 bridgehead atoms. The predicted octanol–water partition coefficient (Wildman–Crippen LogP) is 5.06. The zero-order chi connectivity index (χ0) is 16.6. The molecule has 1 aromatic rings. The second kappa shape index (κ2) is 9.47. The topological polar surface area (TPSA) is 6.48 Å². The van der Waals surface area contributed by atoms with E-state index in [2.05, 4.69) is 46.2 Å². The lowest BCUT2D eigenvalue weighted by atomic mass is 10.1. The molecule has 0 saturated carbocycles. The Labute approximate surface area is 156 Å². The summed E-state index contributed by atoms with van der Waals surface area (Å²) >= 11 is 7.49. The molecular weight excluding hydrogens is 332 g/mol. The van der Waals surface area contributed by atoms with Gasteiger partial charge in [-0.2, -0.15) is 0 Å². The van der Waals surface area contributed by atoms with E-state index in [9.17, 15) is 0 Å². The van der Waals surface area contributed by atoms with Crippen LogP contribution in [0, 0.1) is 0 Å². The predicted molar refractivity (Wildman–Crippen MR) is 109 cm³/mol. The van der Waals surface area contributed by atoms with Gasteiger partial charge in [-0.05, 0) is 44.1 Å². The fourth-order valence-corrected chi connectivity index (χ4v) is 4.48. The lowest BCUT2D eigenvalue weighted by molar-refractivity contribution is 0.167. The Balaban J connectivity index is 1.65. The molecule has 0 unspecified atom stereocenters. The number of hydrogen-bond donors (Lipinski definition) is 0. The van der Waals surface area contributed by atoms with Gasteiger partial charge in [0.15, 0.2) is 0 Å². The molecule has 2 saturated heterocycles. The summed E-state index contributed by atoms with van der Waals surface area (Å²) in [6.45, 7) is 4.76. The first-order valence-corrected chi connectivity index (χ1v) is 10.6. The number of rotatable bonds is 5. The summed E-state index contributed by atoms with van der Waals surface area (Å²) in [4.78, 5) is 5.15. The Hall–Kier alpha value is -1.00. The van der Waals surface area contributed by atoms with E-state index in [4.69, 9.17) is 12.2 Å². The van der Waals surface area contributed by atoms with Crippen LogP contribution in [-0.4, -0.2) is 40.2 Å². The van der Waals surface area contributed by atoms with Gasteiger partial charge < -0.3 is 9.80 Å². The highest BCUT2D eigenvalue weighted by Crippen LogP contribution is 2.24. The minimum Gasteiger partial charge on any atom is -0.358 e. The average molecular weight is 361 g/mol. The second-order valence-corrected chi connectivity index (χ2v) is 8.41. The smallest absolute Gasteiger partial charge is 0.106 e. The van der Waals surface area contributed by atoms with E-state index in [1.807, 2.05) is 0 Å². The number of benzene rings is 1. The Morgan fingerprint density at radius 1 is 0.875 bits per heavy atom. The van der Waals surface area contributed by atoms with Crippen LogP contribution in [0.25, 0.3) is 0 Å². The van der Waals surface area contributed by atoms with Crippen molar-refractivity contribution in [1.29, 1.82) is 0 Å². The van der Waals surface area contributed by atoms with Gasteiger partial charge in [-0.25, -0.2) is 0 Å². The van der Waals surface area contributed by atoms with Gasteiger partial charge in [-0.1, -0.05) is 42.5 Å². The van der Waals surface area contributed by atoms with Crippen LogP contribution in [0.15, 0.2) is 42.2 Å². The number of piperidine rings is 2. The first kappa shape index (κ1) is 17.8. The van der Waals surface area contributed by atoms with Crippen LogP contribution in [0.3, 0.4) is 0 Å². The van der Waals surface area contributed by atoms with E-state index >= 15 is 0 Å². The summed E-state index contributed by atoms with van der Waals surface area (Å²) in [6, 6.07) is 10.6. The molecular formula is C20H28N2S2. The molecule has 2 heterocycles. The molecule has 2 fully saturated rings. The van der Waals surface area contributed by atoms with Crippen molar-refractivity contribution in [2.45, 2.75) is 44.3 Å². The molecule has 1 aromatic carbocycles. The van der Waals surface area contributed by atoms with E-state index in [0.717, 1.165) is 9.95 Å². The van der Waals surface area contributed by atoms with Gasteiger partial charge in [0.1, 0.15) is 5.82 Å². The van der Waals surface area contributed by atoms with Crippen LogP contribution in [-0.2, 0) is 5.75 Å². The van der Waals surface area contributed by atoms with E-state index < -0.39 is 0 Å². The van der Waals surface area contributed by atoms with E-state index in [0.29, 0.717) is 0 Å². The highest BCUT2D eigenvalue weighted by atomic mass is 32.2. The summed E-state index contributed by atoms with van der Waals surface area (Å²) in [5.41, 5.74) is 1.34. The normalized spacial score (nSPS) is 18.3. The second-order valence-electron chi connectivity index (χ2n) is 6.69. The third-order valence-electron chi connectivity index (χ3n) is 4.83. The monoisotopic (exact) mass is 360 g/mol. The van der Waals surface area contributed by atoms with Gasteiger partial charge in [0.05, 0.1) is 4.20 Å². The first-order valence-electron chi connectivity index (χ1n) is 9.25. The zero-order valence-corrected chi connectivity index (χ0v) is 16.1. The van der Waals surface area contributed by atoms with E-state index in [1.165, 1.54) is 76.1 Å². The first-order chi connectivity index (χ1) is 11.8. The van der Waals surface area contributed by atoms with Gasteiger partial charge in [-0.15, -0.1) is 11.8 Å². The van der Waals surface area contributed by atoms with Crippen molar-refractivity contribution < 1.29 is 0 Å². The van der Waals surface area contributed by atoms with Crippen LogP contribution in [0.4, 0.5) is 0 Å². The lowest BCUT2D eigenvalue weighted by Gasteiger charge is -2.40. The minimum atomic E-state index is 0.962. The molecule has 0 N–H and O–H groups in total. The summed E-state index contributed by atoms with van der Waals surface area (Å²) in [5, 5.41) is 0. The molecule has 0 aromatic heterocycles. The van der Waals surface area contributed by atoms with Gasteiger partial charge in [-0.3, -0.25) is 0 Å². The molecule has 2 aliphatic rings. The molecule has 2 aliphatic heterocycles. The number of thioether (sulfide) groups is 1. The molecule has 24 heavy (non-hydrogen) atoms. The Bertz CT molecular complexity index is 524. The van der Waals surface area contributed by atoms with Gasteiger partial charge in [0.2, 0.25) is 0 Å². The summed E-state index contributed by atoms with van der Waals surface area (Å²) in [6.07, 6.45) is 10.3. The number of hydrogen-bond acceptors (Lipinski definition) is 4.